The van der Waals surface area contributed by atoms with Gasteiger partial charge in [-0.2, -0.15) is 0 Å². The topological polar surface area (TPSA) is 110 Å². The molecule has 25 heavy (non-hydrogen) atoms. The van der Waals surface area contributed by atoms with Crippen LogP contribution >= 0.6 is 0 Å². The molecule has 0 aliphatic carbocycles. The maximum absolute atomic E-state index is 12.5. The second-order valence-corrected chi connectivity index (χ2v) is 5.53. The highest BCUT2D eigenvalue weighted by Gasteiger charge is 2.17. The summed E-state index contributed by atoms with van der Waals surface area (Å²) in [7, 11) is 1.53. The van der Waals surface area contributed by atoms with E-state index in [0.29, 0.717) is 18.0 Å². The minimum Gasteiger partial charge on any atom is -0.367 e. The number of para-hydroxylation sites is 1. The molecule has 0 spiro atoms. The third-order valence-electron chi connectivity index (χ3n) is 3.79. The van der Waals surface area contributed by atoms with Crippen LogP contribution in [0.1, 0.15) is 16.1 Å². The Balaban J connectivity index is 1.74. The maximum Gasteiger partial charge on any atom is 0.276 e. The van der Waals surface area contributed by atoms with E-state index in [0.717, 1.165) is 16.5 Å². The first kappa shape index (κ1) is 16.5. The summed E-state index contributed by atoms with van der Waals surface area (Å²) in [6.45, 7) is 0.398. The first-order valence-corrected chi connectivity index (χ1v) is 7.74. The number of carbonyl (C=O) groups is 1. The number of oxime groups is 1. The Hall–Kier alpha value is -3.32. The number of nitrogens with zero attached hydrogens (tertiary/aromatic N) is 2. The SMILES string of the molecule is CN(C(=O)c1cc2ccccc2[nH]1)C(N)=NOc1cccc(CN)c1. The van der Waals surface area contributed by atoms with Crippen molar-refractivity contribution < 1.29 is 9.63 Å². The summed E-state index contributed by atoms with van der Waals surface area (Å²) < 4.78 is 0. The number of rotatable bonds is 4. The number of aromatic amines is 1. The van der Waals surface area contributed by atoms with Crippen molar-refractivity contribution in [2.75, 3.05) is 7.05 Å². The van der Waals surface area contributed by atoms with Gasteiger partial charge in [0.25, 0.3) is 5.91 Å². The van der Waals surface area contributed by atoms with Crippen LogP contribution in [0.2, 0.25) is 0 Å². The Labute approximate surface area is 144 Å². The molecule has 1 heterocycles. The zero-order chi connectivity index (χ0) is 17.8. The highest BCUT2D eigenvalue weighted by atomic mass is 16.6. The number of nitrogens with two attached hydrogens (primary N) is 2. The van der Waals surface area contributed by atoms with E-state index in [1.807, 2.05) is 36.4 Å². The molecule has 7 nitrogen and oxygen atoms in total. The van der Waals surface area contributed by atoms with Crippen molar-refractivity contribution in [1.29, 1.82) is 0 Å². The van der Waals surface area contributed by atoms with Gasteiger partial charge < -0.3 is 21.3 Å². The van der Waals surface area contributed by atoms with E-state index >= 15 is 0 Å². The molecule has 1 amide bonds. The molecule has 2 aromatic carbocycles. The van der Waals surface area contributed by atoms with Gasteiger partial charge in [-0.3, -0.25) is 9.69 Å². The van der Waals surface area contributed by atoms with E-state index in [2.05, 4.69) is 10.1 Å². The average Bonchev–Trinajstić information content (AvgIpc) is 3.09. The van der Waals surface area contributed by atoms with E-state index in [9.17, 15) is 4.79 Å². The number of benzene rings is 2. The fourth-order valence-corrected chi connectivity index (χ4v) is 2.36. The van der Waals surface area contributed by atoms with Crippen LogP contribution in [0.15, 0.2) is 59.8 Å². The number of aromatic nitrogens is 1. The summed E-state index contributed by atoms with van der Waals surface area (Å²) >= 11 is 0. The lowest BCUT2D eigenvalue weighted by molar-refractivity contribution is 0.0861. The van der Waals surface area contributed by atoms with Gasteiger partial charge in [0.1, 0.15) is 5.69 Å². The Kier molecular flexibility index (Phi) is 4.67. The van der Waals surface area contributed by atoms with Crippen molar-refractivity contribution in [1.82, 2.24) is 9.88 Å². The van der Waals surface area contributed by atoms with Gasteiger partial charge in [0.15, 0.2) is 5.75 Å². The largest absolute Gasteiger partial charge is 0.367 e. The minimum atomic E-state index is -0.309. The number of hydrogen-bond donors (Lipinski definition) is 3. The molecule has 0 bridgehead atoms. The molecule has 7 heteroatoms. The van der Waals surface area contributed by atoms with E-state index in [1.165, 1.54) is 11.9 Å². The number of nitrogens with one attached hydrogen (secondary N) is 1. The normalized spacial score (nSPS) is 11.5. The van der Waals surface area contributed by atoms with Gasteiger partial charge in [-0.1, -0.05) is 30.3 Å². The molecule has 3 rings (SSSR count). The molecule has 0 atom stereocenters. The fourth-order valence-electron chi connectivity index (χ4n) is 2.36. The van der Waals surface area contributed by atoms with Gasteiger partial charge in [0.05, 0.1) is 0 Å². The lowest BCUT2D eigenvalue weighted by Crippen LogP contribution is -2.39. The number of carbonyl (C=O) groups excluding carboxylic acids is 1. The summed E-state index contributed by atoms with van der Waals surface area (Å²) in [6, 6.07) is 16.6. The Morgan fingerprint density at radius 2 is 2.00 bits per heavy atom. The first-order valence-electron chi connectivity index (χ1n) is 7.74. The quantitative estimate of drug-likeness (QED) is 0.384. The Morgan fingerprint density at radius 1 is 1.20 bits per heavy atom. The van der Waals surface area contributed by atoms with Crippen LogP contribution in [-0.2, 0) is 6.54 Å². The molecular formula is C18H19N5O2. The van der Waals surface area contributed by atoms with Gasteiger partial charge in [-0.15, -0.1) is 0 Å². The third-order valence-corrected chi connectivity index (χ3v) is 3.79. The lowest BCUT2D eigenvalue weighted by atomic mass is 10.2. The molecule has 3 aromatic rings. The van der Waals surface area contributed by atoms with Crippen LogP contribution in [0.25, 0.3) is 10.9 Å². The van der Waals surface area contributed by atoms with Crippen LogP contribution < -0.4 is 16.3 Å². The number of fused-ring (bicyclic) bond motifs is 1. The minimum absolute atomic E-state index is 0.0539. The van der Waals surface area contributed by atoms with Crippen molar-refractivity contribution in [3.05, 3.63) is 65.9 Å². The number of amides is 1. The lowest BCUT2D eigenvalue weighted by Gasteiger charge is -2.14. The fraction of sp³-hybridized carbons (Fsp3) is 0.111. The van der Waals surface area contributed by atoms with Crippen molar-refractivity contribution in [3.8, 4) is 5.75 Å². The summed E-state index contributed by atoms with van der Waals surface area (Å²) in [5.41, 5.74) is 13.7. The van der Waals surface area contributed by atoms with Crippen LogP contribution in [0, 0.1) is 0 Å². The molecule has 0 aliphatic heterocycles. The van der Waals surface area contributed by atoms with E-state index in [-0.39, 0.29) is 11.9 Å². The highest BCUT2D eigenvalue weighted by Crippen LogP contribution is 2.16. The highest BCUT2D eigenvalue weighted by molar-refractivity contribution is 6.06. The number of hydrogen-bond acceptors (Lipinski definition) is 4. The van der Waals surface area contributed by atoms with Gasteiger partial charge >= 0.3 is 0 Å². The molecule has 5 N–H and O–H groups in total. The predicted octanol–water partition coefficient (Wildman–Crippen LogP) is 2.01. The van der Waals surface area contributed by atoms with Crippen LogP contribution in [0.5, 0.6) is 5.75 Å². The zero-order valence-electron chi connectivity index (χ0n) is 13.8. The second-order valence-electron chi connectivity index (χ2n) is 5.53. The van der Waals surface area contributed by atoms with Gasteiger partial charge in [0, 0.05) is 24.5 Å². The van der Waals surface area contributed by atoms with E-state index < -0.39 is 0 Å². The molecular weight excluding hydrogens is 318 g/mol. The maximum atomic E-state index is 12.5. The van der Waals surface area contributed by atoms with Gasteiger partial charge in [-0.05, 0) is 35.0 Å². The molecule has 0 radical (unpaired) electrons. The summed E-state index contributed by atoms with van der Waals surface area (Å²) in [4.78, 5) is 22.1. The third kappa shape index (κ3) is 3.61. The molecule has 0 saturated carbocycles. The molecule has 1 aromatic heterocycles. The predicted molar refractivity (Wildman–Crippen MR) is 97.0 cm³/mol. The van der Waals surface area contributed by atoms with Crippen LogP contribution in [0.3, 0.4) is 0 Å². The smallest absolute Gasteiger partial charge is 0.276 e. The zero-order valence-corrected chi connectivity index (χ0v) is 13.8. The molecule has 0 aliphatic rings. The van der Waals surface area contributed by atoms with Crippen molar-refractivity contribution in [2.24, 2.45) is 16.6 Å². The summed E-state index contributed by atoms with van der Waals surface area (Å²) in [6.07, 6.45) is 0. The van der Waals surface area contributed by atoms with E-state index in [1.54, 1.807) is 18.2 Å². The summed E-state index contributed by atoms with van der Waals surface area (Å²) in [5.74, 6) is 0.135. The van der Waals surface area contributed by atoms with Crippen LogP contribution in [-0.4, -0.2) is 28.8 Å². The molecule has 0 saturated heterocycles. The van der Waals surface area contributed by atoms with Crippen molar-refractivity contribution in [2.45, 2.75) is 6.54 Å². The second kappa shape index (κ2) is 7.06. The van der Waals surface area contributed by atoms with Crippen molar-refractivity contribution >= 4 is 22.8 Å². The van der Waals surface area contributed by atoms with Crippen LogP contribution in [0.4, 0.5) is 0 Å². The molecule has 0 unspecified atom stereocenters. The number of H-pyrrole nitrogens is 1. The molecule has 0 fully saturated rings. The van der Waals surface area contributed by atoms with E-state index in [4.69, 9.17) is 16.3 Å². The summed E-state index contributed by atoms with van der Waals surface area (Å²) in [5, 5.41) is 4.76. The molecule has 128 valence electrons. The first-order chi connectivity index (χ1) is 12.1. The Bertz CT molecular complexity index is 899. The van der Waals surface area contributed by atoms with Gasteiger partial charge in [-0.25, -0.2) is 0 Å². The van der Waals surface area contributed by atoms with Crippen molar-refractivity contribution in [3.63, 3.8) is 0 Å². The monoisotopic (exact) mass is 337 g/mol. The van der Waals surface area contributed by atoms with Gasteiger partial charge in [0.2, 0.25) is 5.96 Å². The number of guanidine groups is 1. The Morgan fingerprint density at radius 3 is 2.76 bits per heavy atom. The average molecular weight is 337 g/mol. The standard InChI is InChI=1S/C18H19N5O2/c1-23(17(24)16-10-13-6-2-3-8-15(13)21-16)18(20)22-25-14-7-4-5-12(9-14)11-19/h2-10,21H,11,19H2,1H3,(H2,20,22).